The zero-order valence-corrected chi connectivity index (χ0v) is 12.4. The highest BCUT2D eigenvalue weighted by atomic mass is 16.3. The molecular formula is C17H24N2O. The van der Waals surface area contributed by atoms with Gasteiger partial charge in [-0.1, -0.05) is 13.3 Å². The molecule has 1 aliphatic rings. The van der Waals surface area contributed by atoms with Crippen LogP contribution in [0.5, 0.6) is 0 Å². The summed E-state index contributed by atoms with van der Waals surface area (Å²) in [6.45, 7) is 4.76. The van der Waals surface area contributed by atoms with Crippen molar-refractivity contribution in [1.29, 1.82) is 5.26 Å². The van der Waals surface area contributed by atoms with Crippen LogP contribution in [-0.4, -0.2) is 17.3 Å². The molecule has 0 amide bonds. The zero-order chi connectivity index (χ0) is 14.6. The Morgan fingerprint density at radius 2 is 2.10 bits per heavy atom. The smallest absolute Gasteiger partial charge is 0.0994 e. The summed E-state index contributed by atoms with van der Waals surface area (Å²) >= 11 is 0. The Morgan fingerprint density at radius 3 is 2.65 bits per heavy atom. The number of aliphatic hydroxyl groups is 1. The Morgan fingerprint density at radius 1 is 1.40 bits per heavy atom. The second kappa shape index (κ2) is 6.28. The Labute approximate surface area is 121 Å². The van der Waals surface area contributed by atoms with Gasteiger partial charge in [-0.15, -0.1) is 0 Å². The fraction of sp³-hybridized carbons (Fsp3) is 0.588. The van der Waals surface area contributed by atoms with E-state index in [-0.39, 0.29) is 0 Å². The first kappa shape index (κ1) is 14.9. The lowest BCUT2D eigenvalue weighted by atomic mass is 9.78. The number of nitrogens with zero attached hydrogens (tertiary/aromatic N) is 1. The largest absolute Gasteiger partial charge is 0.388 e. The number of hydrogen-bond donors (Lipinski definition) is 2. The summed E-state index contributed by atoms with van der Waals surface area (Å²) in [4.78, 5) is 0. The van der Waals surface area contributed by atoms with Crippen LogP contribution in [0.2, 0.25) is 0 Å². The number of nitriles is 1. The molecule has 20 heavy (non-hydrogen) atoms. The van der Waals surface area contributed by atoms with Crippen molar-refractivity contribution >= 4 is 5.69 Å². The van der Waals surface area contributed by atoms with E-state index in [0.717, 1.165) is 42.9 Å². The fourth-order valence-electron chi connectivity index (χ4n) is 2.97. The summed E-state index contributed by atoms with van der Waals surface area (Å²) < 4.78 is 0. The number of hydrogen-bond acceptors (Lipinski definition) is 3. The quantitative estimate of drug-likeness (QED) is 0.880. The third-order valence-corrected chi connectivity index (χ3v) is 4.58. The van der Waals surface area contributed by atoms with Crippen molar-refractivity contribution in [2.75, 3.05) is 11.9 Å². The molecule has 1 aromatic carbocycles. The van der Waals surface area contributed by atoms with Crippen LogP contribution in [0, 0.1) is 24.2 Å². The Kier molecular flexibility index (Phi) is 4.67. The molecule has 0 bridgehead atoms. The number of aryl methyl sites for hydroxylation is 1. The molecule has 0 heterocycles. The Balaban J connectivity index is 1.92. The molecule has 1 aliphatic carbocycles. The van der Waals surface area contributed by atoms with Crippen LogP contribution in [0.4, 0.5) is 5.69 Å². The van der Waals surface area contributed by atoms with Gasteiger partial charge in [0.05, 0.1) is 17.2 Å². The van der Waals surface area contributed by atoms with E-state index in [1.165, 1.54) is 6.42 Å². The maximum absolute atomic E-state index is 10.6. The summed E-state index contributed by atoms with van der Waals surface area (Å²) in [5.74, 6) is 0.785. The number of anilines is 1. The SMILES string of the molecule is CCC1CCC(O)(CNc2ccc(C#N)c(C)c2)CC1. The van der Waals surface area contributed by atoms with Gasteiger partial charge in [-0.05, 0) is 62.3 Å². The molecule has 2 rings (SSSR count). The highest BCUT2D eigenvalue weighted by Gasteiger charge is 2.32. The van der Waals surface area contributed by atoms with Crippen molar-refractivity contribution < 1.29 is 5.11 Å². The lowest BCUT2D eigenvalue weighted by Crippen LogP contribution is -2.40. The molecule has 0 aliphatic heterocycles. The van der Waals surface area contributed by atoms with Crippen LogP contribution in [0.3, 0.4) is 0 Å². The minimum absolute atomic E-state index is 0.576. The average Bonchev–Trinajstić information content (AvgIpc) is 2.46. The molecule has 1 aromatic rings. The summed E-state index contributed by atoms with van der Waals surface area (Å²) in [6.07, 6.45) is 5.24. The van der Waals surface area contributed by atoms with Crippen LogP contribution in [-0.2, 0) is 0 Å². The summed E-state index contributed by atoms with van der Waals surface area (Å²) in [7, 11) is 0. The van der Waals surface area contributed by atoms with Gasteiger partial charge in [-0.3, -0.25) is 0 Å². The van der Waals surface area contributed by atoms with Gasteiger partial charge in [0.25, 0.3) is 0 Å². The van der Waals surface area contributed by atoms with E-state index >= 15 is 0 Å². The predicted octanol–water partition coefficient (Wildman–Crippen LogP) is 3.61. The van der Waals surface area contributed by atoms with Gasteiger partial charge in [0.15, 0.2) is 0 Å². The predicted molar refractivity (Wildman–Crippen MR) is 81.6 cm³/mol. The Hall–Kier alpha value is -1.53. The van der Waals surface area contributed by atoms with E-state index in [2.05, 4.69) is 18.3 Å². The van der Waals surface area contributed by atoms with Crippen molar-refractivity contribution in [3.63, 3.8) is 0 Å². The monoisotopic (exact) mass is 272 g/mol. The molecule has 0 radical (unpaired) electrons. The molecule has 2 N–H and O–H groups in total. The van der Waals surface area contributed by atoms with Crippen LogP contribution >= 0.6 is 0 Å². The lowest BCUT2D eigenvalue weighted by Gasteiger charge is -2.36. The van der Waals surface area contributed by atoms with Gasteiger partial charge in [0, 0.05) is 12.2 Å². The van der Waals surface area contributed by atoms with Gasteiger partial charge < -0.3 is 10.4 Å². The first-order chi connectivity index (χ1) is 9.56. The fourth-order valence-corrected chi connectivity index (χ4v) is 2.97. The molecule has 3 nitrogen and oxygen atoms in total. The van der Waals surface area contributed by atoms with Crippen LogP contribution in [0.1, 0.15) is 50.2 Å². The molecule has 0 spiro atoms. The minimum atomic E-state index is -0.576. The zero-order valence-electron chi connectivity index (χ0n) is 12.4. The third-order valence-electron chi connectivity index (χ3n) is 4.58. The molecule has 0 saturated heterocycles. The highest BCUT2D eigenvalue weighted by Crippen LogP contribution is 2.33. The van der Waals surface area contributed by atoms with Gasteiger partial charge in [0.1, 0.15) is 0 Å². The lowest BCUT2D eigenvalue weighted by molar-refractivity contribution is 0.00229. The molecule has 3 heteroatoms. The summed E-state index contributed by atoms with van der Waals surface area (Å²) in [5.41, 5.74) is 2.08. The first-order valence-corrected chi connectivity index (χ1v) is 7.53. The highest BCUT2D eigenvalue weighted by molar-refractivity contribution is 5.51. The topological polar surface area (TPSA) is 56.0 Å². The standard InChI is InChI=1S/C17H24N2O/c1-3-14-6-8-17(20,9-7-14)12-19-16-5-4-15(11-18)13(2)10-16/h4-5,10,14,19-20H,3,6-9,12H2,1-2H3. The van der Waals surface area contributed by atoms with E-state index in [9.17, 15) is 5.11 Å². The molecule has 108 valence electrons. The number of rotatable bonds is 4. The van der Waals surface area contributed by atoms with E-state index in [4.69, 9.17) is 5.26 Å². The van der Waals surface area contributed by atoms with Gasteiger partial charge in [-0.2, -0.15) is 5.26 Å². The molecule has 1 fully saturated rings. The molecular weight excluding hydrogens is 248 g/mol. The molecule has 0 aromatic heterocycles. The number of nitrogens with one attached hydrogen (secondary N) is 1. The van der Waals surface area contributed by atoms with Crippen molar-refractivity contribution in [1.82, 2.24) is 0 Å². The van der Waals surface area contributed by atoms with E-state index in [0.29, 0.717) is 12.1 Å². The molecule has 0 unspecified atom stereocenters. The van der Waals surface area contributed by atoms with Gasteiger partial charge >= 0.3 is 0 Å². The third kappa shape index (κ3) is 3.52. The van der Waals surface area contributed by atoms with Crippen molar-refractivity contribution in [3.8, 4) is 6.07 Å². The van der Waals surface area contributed by atoms with Crippen molar-refractivity contribution in [2.24, 2.45) is 5.92 Å². The second-order valence-electron chi connectivity index (χ2n) is 6.07. The van der Waals surface area contributed by atoms with Crippen LogP contribution < -0.4 is 5.32 Å². The van der Waals surface area contributed by atoms with Gasteiger partial charge in [0.2, 0.25) is 0 Å². The van der Waals surface area contributed by atoms with E-state index in [1.807, 2.05) is 25.1 Å². The Bertz CT molecular complexity index is 496. The van der Waals surface area contributed by atoms with Crippen LogP contribution in [0.15, 0.2) is 18.2 Å². The molecule has 1 saturated carbocycles. The molecule has 0 atom stereocenters. The van der Waals surface area contributed by atoms with E-state index in [1.54, 1.807) is 0 Å². The van der Waals surface area contributed by atoms with E-state index < -0.39 is 5.60 Å². The van der Waals surface area contributed by atoms with Crippen molar-refractivity contribution in [2.45, 2.75) is 51.6 Å². The second-order valence-corrected chi connectivity index (χ2v) is 6.07. The number of benzene rings is 1. The maximum Gasteiger partial charge on any atom is 0.0994 e. The normalized spacial score (nSPS) is 26.0. The maximum atomic E-state index is 10.6. The van der Waals surface area contributed by atoms with Crippen LogP contribution in [0.25, 0.3) is 0 Å². The summed E-state index contributed by atoms with van der Waals surface area (Å²) in [6, 6.07) is 7.88. The van der Waals surface area contributed by atoms with Gasteiger partial charge in [-0.25, -0.2) is 0 Å². The average molecular weight is 272 g/mol. The van der Waals surface area contributed by atoms with Crippen molar-refractivity contribution in [3.05, 3.63) is 29.3 Å². The summed E-state index contributed by atoms with van der Waals surface area (Å²) in [5, 5.41) is 22.8. The first-order valence-electron chi connectivity index (χ1n) is 7.53. The minimum Gasteiger partial charge on any atom is -0.388 e.